The number of carbonyl (C=O) groups excluding carboxylic acids is 1. The van der Waals surface area contributed by atoms with E-state index in [-0.39, 0.29) is 16.9 Å². The summed E-state index contributed by atoms with van der Waals surface area (Å²) in [6.07, 6.45) is 3.14. The molecule has 0 saturated carbocycles. The molecule has 0 amide bonds. The van der Waals surface area contributed by atoms with Crippen LogP contribution >= 0.6 is 11.3 Å². The molecule has 10 heteroatoms. The van der Waals surface area contributed by atoms with Gasteiger partial charge in [-0.05, 0) is 62.2 Å². The molecule has 0 unspecified atom stereocenters. The van der Waals surface area contributed by atoms with Crippen molar-refractivity contribution in [1.82, 2.24) is 4.57 Å². The lowest BCUT2D eigenvalue weighted by Gasteiger charge is -2.23. The van der Waals surface area contributed by atoms with Crippen LogP contribution in [0.25, 0.3) is 6.08 Å². The van der Waals surface area contributed by atoms with E-state index in [9.17, 15) is 14.7 Å². The highest BCUT2D eigenvalue weighted by Gasteiger charge is 2.31. The second kappa shape index (κ2) is 11.3. The lowest BCUT2D eigenvalue weighted by atomic mass is 9.97. The van der Waals surface area contributed by atoms with Gasteiger partial charge in [0, 0.05) is 6.20 Å². The highest BCUT2D eigenvalue weighted by atomic mass is 32.1. The van der Waals surface area contributed by atoms with Gasteiger partial charge in [-0.3, -0.25) is 9.36 Å². The highest BCUT2D eigenvalue weighted by Crippen LogP contribution is 2.35. The number of esters is 1. The van der Waals surface area contributed by atoms with Gasteiger partial charge in [-0.15, -0.1) is 0 Å². The highest BCUT2D eigenvalue weighted by molar-refractivity contribution is 7.07. The van der Waals surface area contributed by atoms with Crippen LogP contribution in [0.4, 0.5) is 0 Å². The molecule has 1 aromatic heterocycles. The number of fused-ring (bicyclic) bond motifs is 1. The monoisotopic (exact) mass is 524 g/mol. The fourth-order valence-corrected chi connectivity index (χ4v) is 5.00. The standard InChI is InChI=1S/C27H28N2O7S/c1-5-34-20-11-9-17(14-22(20)36-7-3)24-18(26(32)33-4)15-28-27-29(24)25(31)23(37-27)13-16-8-10-19(30)21(12-16)35-6-2/h8-15,24,30H,5-7H2,1-4H3/b23-13-/t24-/m1/s1. The maximum Gasteiger partial charge on any atom is 0.337 e. The van der Waals surface area contributed by atoms with Gasteiger partial charge < -0.3 is 24.1 Å². The molecule has 2 heterocycles. The predicted octanol–water partition coefficient (Wildman–Crippen LogP) is 2.92. The zero-order valence-electron chi connectivity index (χ0n) is 21.0. The zero-order chi connectivity index (χ0) is 26.5. The van der Waals surface area contributed by atoms with Gasteiger partial charge in [-0.25, -0.2) is 9.79 Å². The number of ether oxygens (including phenoxy) is 4. The normalized spacial score (nSPS) is 14.9. The molecule has 2 aromatic carbocycles. The molecule has 0 aliphatic carbocycles. The van der Waals surface area contributed by atoms with Crippen LogP contribution in [0.3, 0.4) is 0 Å². The van der Waals surface area contributed by atoms with Gasteiger partial charge in [0.1, 0.15) is 0 Å². The number of aromatic hydroxyl groups is 1. The smallest absolute Gasteiger partial charge is 0.337 e. The summed E-state index contributed by atoms with van der Waals surface area (Å²) in [7, 11) is 1.29. The number of rotatable bonds is 9. The molecule has 0 saturated heterocycles. The third-order valence-corrected chi connectivity index (χ3v) is 6.59. The molecule has 4 rings (SSSR count). The maximum atomic E-state index is 13.7. The molecule has 0 bridgehead atoms. The van der Waals surface area contributed by atoms with E-state index in [1.807, 2.05) is 20.8 Å². The first-order valence-electron chi connectivity index (χ1n) is 11.9. The third-order valence-electron chi connectivity index (χ3n) is 5.59. The second-order valence-corrected chi connectivity index (χ2v) is 8.92. The number of benzene rings is 2. The topological polar surface area (TPSA) is 109 Å². The molecule has 9 nitrogen and oxygen atoms in total. The van der Waals surface area contributed by atoms with Crippen LogP contribution in [0.15, 0.2) is 58.0 Å². The van der Waals surface area contributed by atoms with E-state index in [0.29, 0.717) is 57.5 Å². The van der Waals surface area contributed by atoms with E-state index < -0.39 is 12.0 Å². The van der Waals surface area contributed by atoms with Gasteiger partial charge in [-0.2, -0.15) is 0 Å². The minimum Gasteiger partial charge on any atom is -0.504 e. The Kier molecular flexibility index (Phi) is 7.98. The number of nitrogens with zero attached hydrogens (tertiary/aromatic N) is 2. The first kappa shape index (κ1) is 26.0. The van der Waals surface area contributed by atoms with Crippen molar-refractivity contribution in [1.29, 1.82) is 0 Å². The molecule has 37 heavy (non-hydrogen) atoms. The third kappa shape index (κ3) is 5.24. The fraction of sp³-hybridized carbons (Fsp3) is 0.296. The molecule has 1 aliphatic heterocycles. The summed E-state index contributed by atoms with van der Waals surface area (Å²) in [6, 6.07) is 9.42. The van der Waals surface area contributed by atoms with Crippen LogP contribution in [0, 0.1) is 0 Å². The van der Waals surface area contributed by atoms with E-state index in [1.54, 1.807) is 36.4 Å². The van der Waals surface area contributed by atoms with Crippen molar-refractivity contribution in [3.63, 3.8) is 0 Å². The van der Waals surface area contributed by atoms with Crippen LogP contribution in [-0.2, 0) is 9.53 Å². The number of phenols is 1. The number of hydrogen-bond acceptors (Lipinski definition) is 9. The Morgan fingerprint density at radius 3 is 2.43 bits per heavy atom. The SMILES string of the molecule is CCOc1cc(/C=c2\sc3n(c2=O)[C@H](c2ccc(OCC)c(OCC)c2)C(C(=O)OC)=CN=3)ccc1O. The van der Waals surface area contributed by atoms with Crippen molar-refractivity contribution < 1.29 is 28.8 Å². The molecule has 1 aliphatic rings. The first-order valence-corrected chi connectivity index (χ1v) is 12.7. The Balaban J connectivity index is 1.88. The number of phenolic OH excluding ortho intramolecular Hbond substituents is 1. The van der Waals surface area contributed by atoms with Gasteiger partial charge >= 0.3 is 5.97 Å². The Labute approximate surface area is 217 Å². The Hall–Kier alpha value is -4.05. The summed E-state index contributed by atoms with van der Waals surface area (Å²) in [5.74, 6) is 0.838. The molecule has 1 atom stereocenters. The summed E-state index contributed by atoms with van der Waals surface area (Å²) >= 11 is 1.20. The van der Waals surface area contributed by atoms with Gasteiger partial charge in [0.05, 0.1) is 43.1 Å². The lowest BCUT2D eigenvalue weighted by Crippen LogP contribution is -2.39. The number of methoxy groups -OCH3 is 1. The van der Waals surface area contributed by atoms with Gasteiger partial charge in [-0.1, -0.05) is 23.5 Å². The van der Waals surface area contributed by atoms with Crippen molar-refractivity contribution in [2.45, 2.75) is 26.8 Å². The Morgan fingerprint density at radius 1 is 1.03 bits per heavy atom. The largest absolute Gasteiger partial charge is 0.504 e. The van der Waals surface area contributed by atoms with Crippen molar-refractivity contribution in [3.8, 4) is 23.0 Å². The summed E-state index contributed by atoms with van der Waals surface area (Å²) in [5, 5.41) is 10.0. The minimum atomic E-state index is -0.778. The van der Waals surface area contributed by atoms with Crippen molar-refractivity contribution in [2.75, 3.05) is 26.9 Å². The second-order valence-electron chi connectivity index (χ2n) is 7.91. The van der Waals surface area contributed by atoms with Gasteiger partial charge in [0.15, 0.2) is 27.8 Å². The molecule has 1 N–H and O–H groups in total. The average molecular weight is 525 g/mol. The zero-order valence-corrected chi connectivity index (χ0v) is 21.8. The lowest BCUT2D eigenvalue weighted by molar-refractivity contribution is -0.136. The number of hydrogen-bond donors (Lipinski definition) is 1. The number of thiazole rings is 1. The Bertz CT molecular complexity index is 1520. The van der Waals surface area contributed by atoms with Crippen LogP contribution in [0.5, 0.6) is 23.0 Å². The van der Waals surface area contributed by atoms with Crippen LogP contribution in [-0.4, -0.2) is 42.6 Å². The first-order chi connectivity index (χ1) is 17.9. The quantitative estimate of drug-likeness (QED) is 0.429. The molecule has 194 valence electrons. The summed E-state index contributed by atoms with van der Waals surface area (Å²) in [4.78, 5) is 31.2. The molecule has 0 spiro atoms. The number of carbonyl (C=O) groups is 1. The summed E-state index contributed by atoms with van der Waals surface area (Å²) in [6.45, 7) is 6.84. The van der Waals surface area contributed by atoms with E-state index in [4.69, 9.17) is 18.9 Å². The van der Waals surface area contributed by atoms with Crippen molar-refractivity contribution in [3.05, 3.63) is 79.0 Å². The minimum absolute atomic E-state index is 0.0174. The molecular weight excluding hydrogens is 496 g/mol. The van der Waals surface area contributed by atoms with Crippen molar-refractivity contribution >= 4 is 23.4 Å². The Morgan fingerprint density at radius 2 is 1.73 bits per heavy atom. The maximum absolute atomic E-state index is 13.7. The van der Waals surface area contributed by atoms with Gasteiger partial charge in [0.2, 0.25) is 0 Å². The molecule has 3 aromatic rings. The average Bonchev–Trinajstić information content (AvgIpc) is 3.21. The van der Waals surface area contributed by atoms with Gasteiger partial charge in [0.25, 0.3) is 5.56 Å². The van der Waals surface area contributed by atoms with Crippen LogP contribution in [0.1, 0.15) is 37.9 Å². The molecule has 0 radical (unpaired) electrons. The molecular formula is C27H28N2O7S. The van der Waals surface area contributed by atoms with Crippen molar-refractivity contribution in [2.24, 2.45) is 4.99 Å². The van der Waals surface area contributed by atoms with Crippen LogP contribution < -0.4 is 29.1 Å². The van der Waals surface area contributed by atoms with E-state index in [1.165, 1.54) is 35.3 Å². The number of aromatic nitrogens is 1. The fourth-order valence-electron chi connectivity index (χ4n) is 4.03. The van der Waals surface area contributed by atoms with Crippen LogP contribution in [0.2, 0.25) is 0 Å². The van der Waals surface area contributed by atoms with E-state index >= 15 is 0 Å². The van der Waals surface area contributed by atoms with E-state index in [0.717, 1.165) is 0 Å². The summed E-state index contributed by atoms with van der Waals surface area (Å²) in [5.41, 5.74) is 1.22. The molecule has 0 fully saturated rings. The van der Waals surface area contributed by atoms with E-state index in [2.05, 4.69) is 4.99 Å². The predicted molar refractivity (Wildman–Crippen MR) is 139 cm³/mol. The summed E-state index contributed by atoms with van der Waals surface area (Å²) < 4.78 is 23.8.